The van der Waals surface area contributed by atoms with Crippen LogP contribution in [-0.2, 0) is 14.3 Å². The van der Waals surface area contributed by atoms with E-state index in [1.807, 2.05) is 6.92 Å². The maximum atomic E-state index is 13.1. The van der Waals surface area contributed by atoms with Crippen molar-refractivity contribution in [1.82, 2.24) is 0 Å². The largest absolute Gasteiger partial charge is 0.506 e. The first-order chi connectivity index (χ1) is 15.0. The van der Waals surface area contributed by atoms with Gasteiger partial charge >= 0.3 is 5.97 Å². The fourth-order valence-corrected chi connectivity index (χ4v) is 7.09. The molecular weight excluding hydrogens is 414 g/mol. The zero-order valence-electron chi connectivity index (χ0n) is 18.1. The maximum Gasteiger partial charge on any atom is 0.339 e. The smallest absolute Gasteiger partial charge is 0.339 e. The normalized spacial score (nSPS) is 38.7. The molecule has 6 atom stereocenters. The highest BCUT2D eigenvalue weighted by Gasteiger charge is 2.71. The number of anilines is 1. The molecule has 1 amide bonds. The van der Waals surface area contributed by atoms with Crippen LogP contribution in [0.15, 0.2) is 24.3 Å². The van der Waals surface area contributed by atoms with E-state index in [9.17, 15) is 24.6 Å². The molecule has 0 aromatic heterocycles. The number of phenols is 2. The number of aromatic carboxylic acids is 1. The van der Waals surface area contributed by atoms with Crippen molar-refractivity contribution >= 4 is 23.3 Å². The van der Waals surface area contributed by atoms with Crippen LogP contribution in [0.4, 0.5) is 5.69 Å². The van der Waals surface area contributed by atoms with Gasteiger partial charge in [0.05, 0.1) is 11.7 Å². The van der Waals surface area contributed by atoms with Crippen molar-refractivity contribution in [3.8, 4) is 11.5 Å². The van der Waals surface area contributed by atoms with Gasteiger partial charge in [-0.05, 0) is 62.1 Å². The highest BCUT2D eigenvalue weighted by molar-refractivity contribution is 6.00. The Labute approximate surface area is 185 Å². The number of rotatable bonds is 5. The summed E-state index contributed by atoms with van der Waals surface area (Å²) in [4.78, 5) is 37.0. The highest BCUT2D eigenvalue weighted by atomic mass is 16.5. The predicted octanol–water partition coefficient (Wildman–Crippen LogP) is 3.23. The zero-order valence-corrected chi connectivity index (χ0v) is 18.1. The molecule has 5 aliphatic rings. The molecule has 8 heteroatoms. The first-order valence-corrected chi connectivity index (χ1v) is 11.0. The van der Waals surface area contributed by atoms with Crippen molar-refractivity contribution in [2.75, 3.05) is 5.32 Å². The minimum atomic E-state index is -1.38. The molecule has 4 N–H and O–H groups in total. The van der Waals surface area contributed by atoms with Crippen molar-refractivity contribution < 1.29 is 34.4 Å². The molecule has 0 radical (unpaired) electrons. The van der Waals surface area contributed by atoms with Crippen LogP contribution >= 0.6 is 0 Å². The van der Waals surface area contributed by atoms with Crippen molar-refractivity contribution in [2.24, 2.45) is 22.7 Å². The number of carbonyl (C=O) groups is 3. The number of carboxylic acid groups (broad SMARTS) is 1. The summed E-state index contributed by atoms with van der Waals surface area (Å²) in [5.41, 5.74) is -1.75. The molecular formula is C24H27NO7. The van der Waals surface area contributed by atoms with Gasteiger partial charge < -0.3 is 25.4 Å². The van der Waals surface area contributed by atoms with Gasteiger partial charge in [-0.2, -0.15) is 0 Å². The van der Waals surface area contributed by atoms with E-state index < -0.39 is 34.4 Å². The SMILES string of the molecule is CC12C[C@@]34C=CC(=O)[C@@](C)(CCC(=O)Nc5c(O)ccc(C(=O)O)c5O)C3[C@H](CC1C4)O2. The minimum Gasteiger partial charge on any atom is -0.506 e. The van der Waals surface area contributed by atoms with E-state index in [1.165, 1.54) is 0 Å². The molecule has 2 heterocycles. The van der Waals surface area contributed by atoms with Crippen LogP contribution in [0.3, 0.4) is 0 Å². The molecule has 1 aromatic carbocycles. The molecule has 1 aromatic rings. The minimum absolute atomic E-state index is 0.00395. The number of ketones is 1. The first kappa shape index (κ1) is 21.0. The Morgan fingerprint density at radius 2 is 2.00 bits per heavy atom. The van der Waals surface area contributed by atoms with Crippen LogP contribution in [0, 0.1) is 22.7 Å². The lowest BCUT2D eigenvalue weighted by Gasteiger charge is -2.55. The Morgan fingerprint density at radius 3 is 2.69 bits per heavy atom. The fourth-order valence-electron chi connectivity index (χ4n) is 7.09. The Kier molecular flexibility index (Phi) is 4.31. The summed E-state index contributed by atoms with van der Waals surface area (Å²) in [5, 5.41) is 31.7. The number of benzene rings is 1. The summed E-state index contributed by atoms with van der Waals surface area (Å²) < 4.78 is 6.41. The number of allylic oxidation sites excluding steroid dienone is 2. The van der Waals surface area contributed by atoms with Gasteiger partial charge in [-0.25, -0.2) is 4.79 Å². The van der Waals surface area contributed by atoms with Gasteiger partial charge in [-0.3, -0.25) is 9.59 Å². The number of hydrogen-bond donors (Lipinski definition) is 4. The van der Waals surface area contributed by atoms with Gasteiger partial charge in [0.15, 0.2) is 11.5 Å². The third-order valence-corrected chi connectivity index (χ3v) is 8.44. The second kappa shape index (κ2) is 6.57. The Balaban J connectivity index is 1.36. The Hall–Kier alpha value is -2.87. The van der Waals surface area contributed by atoms with Crippen molar-refractivity contribution in [2.45, 2.75) is 57.7 Å². The number of phenolic OH excluding ortho intramolecular Hbond substituents is 1. The van der Waals surface area contributed by atoms with Crippen LogP contribution in [0.2, 0.25) is 0 Å². The summed E-state index contributed by atoms with van der Waals surface area (Å²) in [6.45, 7) is 4.08. The molecule has 4 bridgehead atoms. The molecule has 32 heavy (non-hydrogen) atoms. The number of carboxylic acids is 1. The molecule has 1 spiro atoms. The lowest BCUT2D eigenvalue weighted by atomic mass is 9.51. The van der Waals surface area contributed by atoms with E-state index in [1.54, 1.807) is 6.08 Å². The third-order valence-electron chi connectivity index (χ3n) is 8.44. The maximum absolute atomic E-state index is 13.1. The molecule has 2 saturated heterocycles. The average Bonchev–Trinajstić information content (AvgIpc) is 3.08. The number of nitrogens with one attached hydrogen (secondary N) is 1. The quantitative estimate of drug-likeness (QED) is 0.516. The molecule has 2 saturated carbocycles. The predicted molar refractivity (Wildman–Crippen MR) is 113 cm³/mol. The monoisotopic (exact) mass is 441 g/mol. The van der Waals surface area contributed by atoms with Gasteiger partial charge in [0.25, 0.3) is 0 Å². The molecule has 8 nitrogen and oxygen atoms in total. The number of carbonyl (C=O) groups excluding carboxylic acids is 2. The average molecular weight is 441 g/mol. The molecule has 6 rings (SSSR count). The third kappa shape index (κ3) is 2.75. The van der Waals surface area contributed by atoms with Crippen molar-refractivity contribution in [3.63, 3.8) is 0 Å². The number of ether oxygens (including phenoxy) is 1. The number of hydrogen-bond acceptors (Lipinski definition) is 6. The summed E-state index contributed by atoms with van der Waals surface area (Å²) in [6, 6.07) is 2.16. The summed E-state index contributed by atoms with van der Waals surface area (Å²) in [7, 11) is 0. The van der Waals surface area contributed by atoms with E-state index in [4.69, 9.17) is 9.84 Å². The molecule has 170 valence electrons. The van der Waals surface area contributed by atoms with E-state index in [2.05, 4.69) is 18.3 Å². The molecule has 2 aliphatic heterocycles. The highest BCUT2D eigenvalue weighted by Crippen LogP contribution is 2.71. The van der Waals surface area contributed by atoms with Crippen LogP contribution < -0.4 is 5.32 Å². The fraction of sp³-hybridized carbons (Fsp3) is 0.542. The van der Waals surface area contributed by atoms with Crippen LogP contribution in [0.25, 0.3) is 0 Å². The van der Waals surface area contributed by atoms with Gasteiger partial charge in [-0.15, -0.1) is 0 Å². The molecule has 4 fully saturated rings. The van der Waals surface area contributed by atoms with Crippen LogP contribution in [-0.4, -0.2) is 44.7 Å². The van der Waals surface area contributed by atoms with Crippen molar-refractivity contribution in [3.05, 3.63) is 29.8 Å². The first-order valence-electron chi connectivity index (χ1n) is 11.0. The van der Waals surface area contributed by atoms with Crippen molar-refractivity contribution in [1.29, 1.82) is 0 Å². The lowest BCUT2D eigenvalue weighted by molar-refractivity contribution is -0.169. The van der Waals surface area contributed by atoms with E-state index >= 15 is 0 Å². The van der Waals surface area contributed by atoms with Crippen LogP contribution in [0.1, 0.15) is 56.3 Å². The Morgan fingerprint density at radius 1 is 1.25 bits per heavy atom. The van der Waals surface area contributed by atoms with Gasteiger partial charge in [0.2, 0.25) is 5.91 Å². The van der Waals surface area contributed by atoms with E-state index in [0.29, 0.717) is 5.92 Å². The van der Waals surface area contributed by atoms with Crippen LogP contribution in [0.5, 0.6) is 11.5 Å². The van der Waals surface area contributed by atoms with Gasteiger partial charge in [0.1, 0.15) is 17.0 Å². The van der Waals surface area contributed by atoms with Gasteiger partial charge in [0, 0.05) is 17.8 Å². The standard InChI is InChI=1S/C24H27NO7/c1-22(7-6-17(28)25-18-14(26)4-3-13(19(18)29)21(30)31)16(27)5-8-24-10-12-9-15(20(22)24)32-23(12,2)11-24/h3-5,8,12,15,20,26,29H,6-7,9-11H2,1-2H3,(H,25,28)(H,30,31)/t12?,15-,20?,22+,23?,24-/m0/s1. The summed E-state index contributed by atoms with van der Waals surface area (Å²) >= 11 is 0. The zero-order chi connectivity index (χ0) is 23.1. The lowest BCUT2D eigenvalue weighted by Crippen LogP contribution is -2.56. The van der Waals surface area contributed by atoms with E-state index in [-0.39, 0.29) is 47.4 Å². The topological polar surface area (TPSA) is 133 Å². The summed E-state index contributed by atoms with van der Waals surface area (Å²) in [6.07, 6.45) is 6.86. The van der Waals surface area contributed by atoms with E-state index in [0.717, 1.165) is 31.4 Å². The number of aromatic hydroxyl groups is 2. The Bertz CT molecular complexity index is 1080. The van der Waals surface area contributed by atoms with Gasteiger partial charge in [-0.1, -0.05) is 13.0 Å². The summed E-state index contributed by atoms with van der Waals surface area (Å²) in [5.74, 6) is -2.55. The molecule has 3 aliphatic carbocycles. The second-order valence-corrected chi connectivity index (χ2v) is 10.3. The molecule has 3 unspecified atom stereocenters. The second-order valence-electron chi connectivity index (χ2n) is 10.3. The number of amides is 1.